The lowest BCUT2D eigenvalue weighted by molar-refractivity contribution is 0.305. The summed E-state index contributed by atoms with van der Waals surface area (Å²) in [5.74, 6) is 1.01. The van der Waals surface area contributed by atoms with E-state index < -0.39 is 0 Å². The minimum absolute atomic E-state index is 0.100. The molecule has 0 bridgehead atoms. The van der Waals surface area contributed by atoms with E-state index in [-0.39, 0.29) is 5.84 Å². The van der Waals surface area contributed by atoms with Gasteiger partial charge in [-0.25, -0.2) is 0 Å². The Labute approximate surface area is 120 Å². The summed E-state index contributed by atoms with van der Waals surface area (Å²) in [6, 6.07) is 11.8. The zero-order valence-electron chi connectivity index (χ0n) is 12.0. The molecule has 106 valence electrons. The number of hydrogen-bond acceptors (Lipinski definition) is 2. The molecule has 0 radical (unpaired) electrons. The molecular formula is C17H22N2O. The topological polar surface area (TPSA) is 59.1 Å². The summed E-state index contributed by atoms with van der Waals surface area (Å²) >= 11 is 0. The lowest BCUT2D eigenvalue weighted by Crippen LogP contribution is -2.10. The van der Waals surface area contributed by atoms with Crippen molar-refractivity contribution >= 4 is 16.6 Å². The second-order valence-electron chi connectivity index (χ2n) is 5.05. The van der Waals surface area contributed by atoms with Crippen LogP contribution in [0.3, 0.4) is 0 Å². The molecule has 0 atom stereocenters. The van der Waals surface area contributed by atoms with Crippen LogP contribution in [-0.4, -0.2) is 12.4 Å². The number of nitrogens with two attached hydrogens (primary N) is 1. The first-order valence-corrected chi connectivity index (χ1v) is 7.21. The van der Waals surface area contributed by atoms with Crippen LogP contribution in [0.15, 0.2) is 36.4 Å². The average molecular weight is 270 g/mol. The van der Waals surface area contributed by atoms with E-state index in [1.807, 2.05) is 36.4 Å². The maximum Gasteiger partial charge on any atom is 0.122 e. The molecule has 0 aliphatic carbocycles. The Hall–Kier alpha value is -2.03. The number of hydrogen-bond donors (Lipinski definition) is 2. The first kappa shape index (κ1) is 14.4. The third kappa shape index (κ3) is 3.73. The third-order valence-corrected chi connectivity index (χ3v) is 3.39. The first-order chi connectivity index (χ1) is 9.70. The largest absolute Gasteiger partial charge is 0.494 e. The van der Waals surface area contributed by atoms with Crippen molar-refractivity contribution in [2.24, 2.45) is 5.73 Å². The molecule has 0 saturated carbocycles. The fraction of sp³-hybridized carbons (Fsp3) is 0.353. The van der Waals surface area contributed by atoms with Gasteiger partial charge in [-0.15, -0.1) is 0 Å². The van der Waals surface area contributed by atoms with Crippen molar-refractivity contribution in [3.8, 4) is 5.75 Å². The van der Waals surface area contributed by atoms with Crippen LogP contribution in [0.5, 0.6) is 5.75 Å². The van der Waals surface area contributed by atoms with Gasteiger partial charge in [-0.2, -0.15) is 0 Å². The van der Waals surface area contributed by atoms with Crippen molar-refractivity contribution in [2.75, 3.05) is 6.61 Å². The van der Waals surface area contributed by atoms with Crippen LogP contribution in [0.25, 0.3) is 10.8 Å². The van der Waals surface area contributed by atoms with E-state index in [1.54, 1.807) is 0 Å². The maximum absolute atomic E-state index is 7.45. The highest BCUT2D eigenvalue weighted by Gasteiger charge is 2.01. The molecule has 3 heteroatoms. The predicted molar refractivity (Wildman–Crippen MR) is 84.6 cm³/mol. The molecule has 20 heavy (non-hydrogen) atoms. The highest BCUT2D eigenvalue weighted by molar-refractivity contribution is 5.99. The molecule has 0 saturated heterocycles. The van der Waals surface area contributed by atoms with Gasteiger partial charge in [0, 0.05) is 5.56 Å². The van der Waals surface area contributed by atoms with Crippen molar-refractivity contribution in [1.82, 2.24) is 0 Å². The van der Waals surface area contributed by atoms with Gasteiger partial charge in [-0.1, -0.05) is 44.4 Å². The van der Waals surface area contributed by atoms with Crippen molar-refractivity contribution in [1.29, 1.82) is 5.41 Å². The van der Waals surface area contributed by atoms with Gasteiger partial charge < -0.3 is 10.5 Å². The molecule has 2 rings (SSSR count). The normalized spacial score (nSPS) is 10.7. The Morgan fingerprint density at radius 1 is 1.05 bits per heavy atom. The molecule has 3 nitrogen and oxygen atoms in total. The smallest absolute Gasteiger partial charge is 0.122 e. The van der Waals surface area contributed by atoms with Crippen molar-refractivity contribution in [2.45, 2.75) is 32.6 Å². The molecule has 2 aromatic rings. The average Bonchev–Trinajstić information content (AvgIpc) is 2.46. The minimum atomic E-state index is 0.100. The van der Waals surface area contributed by atoms with E-state index in [0.717, 1.165) is 35.1 Å². The molecular weight excluding hydrogens is 248 g/mol. The van der Waals surface area contributed by atoms with E-state index >= 15 is 0 Å². The Bertz CT molecular complexity index is 593. The second-order valence-corrected chi connectivity index (χ2v) is 5.05. The predicted octanol–water partition coefficient (Wildman–Crippen LogP) is 4.08. The van der Waals surface area contributed by atoms with Crippen LogP contribution in [0.4, 0.5) is 0 Å². The fourth-order valence-corrected chi connectivity index (χ4v) is 2.20. The van der Waals surface area contributed by atoms with Crippen molar-refractivity contribution in [3.63, 3.8) is 0 Å². The van der Waals surface area contributed by atoms with Crippen molar-refractivity contribution in [3.05, 3.63) is 42.0 Å². The summed E-state index contributed by atoms with van der Waals surface area (Å²) in [6.45, 7) is 2.98. The SMILES string of the molecule is CCCCCCOc1ccc2cc(C(=N)N)ccc2c1. The van der Waals surface area contributed by atoms with Crippen LogP contribution in [0, 0.1) is 5.41 Å². The molecule has 0 fully saturated rings. The molecule has 2 aromatic carbocycles. The highest BCUT2D eigenvalue weighted by atomic mass is 16.5. The maximum atomic E-state index is 7.45. The number of unbranched alkanes of at least 4 members (excludes halogenated alkanes) is 3. The molecule has 0 aliphatic rings. The van der Waals surface area contributed by atoms with E-state index in [9.17, 15) is 0 Å². The molecule has 0 spiro atoms. The summed E-state index contributed by atoms with van der Waals surface area (Å²) in [6.07, 6.45) is 4.85. The first-order valence-electron chi connectivity index (χ1n) is 7.21. The molecule has 0 heterocycles. The lowest BCUT2D eigenvalue weighted by Gasteiger charge is -2.08. The summed E-state index contributed by atoms with van der Waals surface area (Å²) in [7, 11) is 0. The van der Waals surface area contributed by atoms with Crippen LogP contribution >= 0.6 is 0 Å². The van der Waals surface area contributed by atoms with Crippen LogP contribution < -0.4 is 10.5 Å². The van der Waals surface area contributed by atoms with Crippen LogP contribution in [-0.2, 0) is 0 Å². The standard InChI is InChI=1S/C17H22N2O/c1-2-3-4-5-10-20-16-9-8-13-11-15(17(18)19)7-6-14(13)12-16/h6-9,11-12H,2-5,10H2,1H3,(H3,18,19). The Kier molecular flexibility index (Phi) is 4.99. The molecule has 0 aromatic heterocycles. The summed E-state index contributed by atoms with van der Waals surface area (Å²) in [5, 5.41) is 9.64. The van der Waals surface area contributed by atoms with E-state index in [1.165, 1.54) is 19.3 Å². The summed E-state index contributed by atoms with van der Waals surface area (Å²) < 4.78 is 5.77. The monoisotopic (exact) mass is 270 g/mol. The Morgan fingerprint density at radius 3 is 2.55 bits per heavy atom. The number of benzene rings is 2. The van der Waals surface area contributed by atoms with Crippen LogP contribution in [0.2, 0.25) is 0 Å². The molecule has 0 aliphatic heterocycles. The van der Waals surface area contributed by atoms with Gasteiger partial charge in [-0.3, -0.25) is 5.41 Å². The third-order valence-electron chi connectivity index (χ3n) is 3.39. The summed E-state index contributed by atoms with van der Waals surface area (Å²) in [5.41, 5.74) is 6.25. The van der Waals surface area contributed by atoms with Gasteiger partial charge in [0.05, 0.1) is 6.61 Å². The fourth-order valence-electron chi connectivity index (χ4n) is 2.20. The number of fused-ring (bicyclic) bond motifs is 1. The summed E-state index contributed by atoms with van der Waals surface area (Å²) in [4.78, 5) is 0. The van der Waals surface area contributed by atoms with Gasteiger partial charge >= 0.3 is 0 Å². The number of ether oxygens (including phenoxy) is 1. The van der Waals surface area contributed by atoms with Crippen LogP contribution in [0.1, 0.15) is 38.2 Å². The Balaban J connectivity index is 2.02. The zero-order valence-corrected chi connectivity index (χ0v) is 12.0. The quantitative estimate of drug-likeness (QED) is 0.452. The van der Waals surface area contributed by atoms with Gasteiger partial charge in [0.15, 0.2) is 0 Å². The second kappa shape index (κ2) is 6.94. The van der Waals surface area contributed by atoms with Gasteiger partial charge in [0.1, 0.15) is 11.6 Å². The molecule has 3 N–H and O–H groups in total. The number of nitrogens with one attached hydrogen (secondary N) is 1. The van der Waals surface area contributed by atoms with Gasteiger partial charge in [0.2, 0.25) is 0 Å². The minimum Gasteiger partial charge on any atom is -0.494 e. The zero-order chi connectivity index (χ0) is 14.4. The lowest BCUT2D eigenvalue weighted by atomic mass is 10.1. The van der Waals surface area contributed by atoms with Gasteiger partial charge in [0.25, 0.3) is 0 Å². The highest BCUT2D eigenvalue weighted by Crippen LogP contribution is 2.22. The van der Waals surface area contributed by atoms with E-state index in [0.29, 0.717) is 0 Å². The van der Waals surface area contributed by atoms with E-state index in [2.05, 4.69) is 6.92 Å². The number of amidine groups is 1. The number of rotatable bonds is 7. The molecule has 0 unspecified atom stereocenters. The van der Waals surface area contributed by atoms with Gasteiger partial charge in [-0.05, 0) is 35.4 Å². The molecule has 0 amide bonds. The number of nitrogen functional groups attached to an aromatic ring is 1. The Morgan fingerprint density at radius 2 is 1.80 bits per heavy atom. The van der Waals surface area contributed by atoms with Crippen molar-refractivity contribution < 1.29 is 4.74 Å². The van der Waals surface area contributed by atoms with E-state index in [4.69, 9.17) is 15.9 Å².